The van der Waals surface area contributed by atoms with E-state index < -0.39 is 5.97 Å². The van der Waals surface area contributed by atoms with Gasteiger partial charge in [0.05, 0.1) is 43.9 Å². The van der Waals surface area contributed by atoms with Gasteiger partial charge in [0.15, 0.2) is 5.69 Å². The number of aromatic nitrogens is 4. The zero-order valence-corrected chi connectivity index (χ0v) is 19.2. The summed E-state index contributed by atoms with van der Waals surface area (Å²) in [6.07, 6.45) is 10.6. The van der Waals surface area contributed by atoms with Crippen LogP contribution in [0, 0.1) is 0 Å². The van der Waals surface area contributed by atoms with Crippen LogP contribution >= 0.6 is 0 Å². The average Bonchev–Trinajstić information content (AvgIpc) is 2.90. The summed E-state index contributed by atoms with van der Waals surface area (Å²) in [5, 5.41) is 7.18. The fourth-order valence-electron chi connectivity index (χ4n) is 4.60. The van der Waals surface area contributed by atoms with Gasteiger partial charge in [-0.25, -0.2) is 14.8 Å². The Balaban J connectivity index is 1.23. The minimum atomic E-state index is -0.486. The number of nitrogens with zero attached hydrogens (tertiary/aromatic N) is 5. The molecule has 0 unspecified atom stereocenters. The van der Waals surface area contributed by atoms with Gasteiger partial charge in [0.2, 0.25) is 0 Å². The van der Waals surface area contributed by atoms with Crippen LogP contribution in [0.25, 0.3) is 11.0 Å². The number of nitrogens with one attached hydrogen (secondary N) is 2. The van der Waals surface area contributed by atoms with E-state index >= 15 is 0 Å². The smallest absolute Gasteiger partial charge is 0.358 e. The topological polar surface area (TPSA) is 114 Å². The van der Waals surface area contributed by atoms with Crippen LogP contribution < -0.4 is 15.5 Å². The second-order valence-corrected chi connectivity index (χ2v) is 8.63. The molecule has 1 aromatic carbocycles. The third-order valence-corrected chi connectivity index (χ3v) is 6.42. The number of benzene rings is 1. The van der Waals surface area contributed by atoms with Gasteiger partial charge in [-0.1, -0.05) is 0 Å². The second kappa shape index (κ2) is 10.2. The number of methoxy groups -OCH3 is 1. The molecule has 0 amide bonds. The van der Waals surface area contributed by atoms with E-state index in [0.29, 0.717) is 17.9 Å². The van der Waals surface area contributed by atoms with Crippen LogP contribution in [0.3, 0.4) is 0 Å². The van der Waals surface area contributed by atoms with Gasteiger partial charge in [-0.15, -0.1) is 0 Å². The summed E-state index contributed by atoms with van der Waals surface area (Å²) < 4.78 is 10.2. The van der Waals surface area contributed by atoms with Gasteiger partial charge < -0.3 is 25.0 Å². The highest BCUT2D eigenvalue weighted by Gasteiger charge is 2.23. The lowest BCUT2D eigenvalue weighted by Gasteiger charge is -2.32. The predicted octanol–water partition coefficient (Wildman–Crippen LogP) is 2.88. The molecule has 3 aromatic rings. The van der Waals surface area contributed by atoms with Crippen molar-refractivity contribution in [3.63, 3.8) is 0 Å². The minimum absolute atomic E-state index is 0.204. The Morgan fingerprint density at radius 3 is 2.41 bits per heavy atom. The van der Waals surface area contributed by atoms with Crippen molar-refractivity contribution < 1.29 is 14.3 Å². The summed E-state index contributed by atoms with van der Waals surface area (Å²) in [4.78, 5) is 31.5. The van der Waals surface area contributed by atoms with Crippen LogP contribution in [0.15, 0.2) is 36.9 Å². The number of esters is 1. The predicted molar refractivity (Wildman–Crippen MR) is 129 cm³/mol. The molecule has 0 bridgehead atoms. The molecule has 1 aliphatic heterocycles. The molecular formula is C24H29N7O3. The first kappa shape index (κ1) is 22.3. The Kier molecular flexibility index (Phi) is 6.66. The molecule has 1 aliphatic carbocycles. The molecule has 2 aliphatic rings. The number of ether oxygens (including phenoxy) is 2. The third-order valence-electron chi connectivity index (χ3n) is 6.42. The third kappa shape index (κ3) is 5.01. The lowest BCUT2D eigenvalue weighted by molar-refractivity contribution is 0.0593. The molecule has 10 heteroatoms. The van der Waals surface area contributed by atoms with Gasteiger partial charge in [-0.3, -0.25) is 9.97 Å². The molecule has 1 saturated heterocycles. The van der Waals surface area contributed by atoms with Crippen LogP contribution in [0.2, 0.25) is 0 Å². The standard InChI is InChI=1S/C24H29N7O3/c1-33-24(32)21-14-28-22(15-27-21)30-17-4-2-16(3-5-17)29-20-13-18(31-8-10-34-11-9-31)12-19-23(20)26-7-6-25-19/h6-7,12-17,29H,2-5,8-11H2,1H3,(H,28,30). The Labute approximate surface area is 198 Å². The number of carbonyl (C=O) groups excluding carboxylic acids is 1. The summed E-state index contributed by atoms with van der Waals surface area (Å²) in [5.41, 5.74) is 4.20. The Hall–Kier alpha value is -3.53. The van der Waals surface area contributed by atoms with Crippen LogP contribution in [-0.2, 0) is 9.47 Å². The van der Waals surface area contributed by atoms with Crippen molar-refractivity contribution in [2.75, 3.05) is 48.9 Å². The summed E-state index contributed by atoms with van der Waals surface area (Å²) in [6, 6.07) is 4.99. The van der Waals surface area contributed by atoms with Crippen molar-refractivity contribution >= 4 is 34.2 Å². The second-order valence-electron chi connectivity index (χ2n) is 8.63. The number of morpholine rings is 1. The molecule has 10 nitrogen and oxygen atoms in total. The largest absolute Gasteiger partial charge is 0.464 e. The fourth-order valence-corrected chi connectivity index (χ4v) is 4.60. The number of hydrogen-bond acceptors (Lipinski definition) is 10. The summed E-state index contributed by atoms with van der Waals surface area (Å²) in [5.74, 6) is 0.184. The first-order valence-corrected chi connectivity index (χ1v) is 11.7. The molecule has 2 fully saturated rings. The van der Waals surface area contributed by atoms with E-state index in [1.165, 1.54) is 13.3 Å². The zero-order chi connectivity index (χ0) is 23.3. The molecule has 2 aromatic heterocycles. The molecule has 1 saturated carbocycles. The first-order chi connectivity index (χ1) is 16.7. The SMILES string of the molecule is COC(=O)c1cnc(NC2CCC(Nc3cc(N4CCOCC4)cc4nccnc34)CC2)cn1. The fraction of sp³-hybridized carbons (Fsp3) is 0.458. The zero-order valence-electron chi connectivity index (χ0n) is 19.2. The number of rotatable bonds is 6. The first-order valence-electron chi connectivity index (χ1n) is 11.7. The maximum Gasteiger partial charge on any atom is 0.358 e. The molecule has 0 radical (unpaired) electrons. The number of carbonyl (C=O) groups is 1. The average molecular weight is 464 g/mol. The van der Waals surface area contributed by atoms with Gasteiger partial charge in [-0.05, 0) is 37.8 Å². The lowest BCUT2D eigenvalue weighted by atomic mass is 9.91. The van der Waals surface area contributed by atoms with E-state index in [9.17, 15) is 4.79 Å². The normalized spacial score (nSPS) is 20.7. The van der Waals surface area contributed by atoms with E-state index in [1.54, 1.807) is 18.6 Å². The highest BCUT2D eigenvalue weighted by Crippen LogP contribution is 2.31. The van der Waals surface area contributed by atoms with Gasteiger partial charge in [-0.2, -0.15) is 0 Å². The Bertz CT molecular complexity index is 1130. The quantitative estimate of drug-likeness (QED) is 0.529. The van der Waals surface area contributed by atoms with Crippen LogP contribution in [0.4, 0.5) is 17.2 Å². The Morgan fingerprint density at radius 2 is 1.71 bits per heavy atom. The van der Waals surface area contributed by atoms with E-state index in [1.807, 2.05) is 0 Å². The maximum absolute atomic E-state index is 11.5. The van der Waals surface area contributed by atoms with E-state index in [2.05, 4.69) is 52.3 Å². The summed E-state index contributed by atoms with van der Waals surface area (Å²) >= 11 is 0. The monoisotopic (exact) mass is 463 g/mol. The van der Waals surface area contributed by atoms with Gasteiger partial charge in [0.25, 0.3) is 0 Å². The highest BCUT2D eigenvalue weighted by atomic mass is 16.5. The molecule has 0 spiro atoms. The van der Waals surface area contributed by atoms with Crippen molar-refractivity contribution in [1.82, 2.24) is 19.9 Å². The van der Waals surface area contributed by atoms with Crippen molar-refractivity contribution in [2.24, 2.45) is 0 Å². The summed E-state index contributed by atoms with van der Waals surface area (Å²) in [6.45, 7) is 3.25. The van der Waals surface area contributed by atoms with Crippen molar-refractivity contribution in [3.05, 3.63) is 42.6 Å². The van der Waals surface area contributed by atoms with Crippen molar-refractivity contribution in [2.45, 2.75) is 37.8 Å². The van der Waals surface area contributed by atoms with Gasteiger partial charge >= 0.3 is 5.97 Å². The molecule has 2 N–H and O–H groups in total. The van der Waals surface area contributed by atoms with E-state index in [-0.39, 0.29) is 5.69 Å². The number of anilines is 3. The molecule has 3 heterocycles. The van der Waals surface area contributed by atoms with E-state index in [4.69, 9.17) is 4.74 Å². The lowest BCUT2D eigenvalue weighted by Crippen LogP contribution is -2.36. The summed E-state index contributed by atoms with van der Waals surface area (Å²) in [7, 11) is 1.33. The molecule has 34 heavy (non-hydrogen) atoms. The van der Waals surface area contributed by atoms with Crippen LogP contribution in [0.1, 0.15) is 36.2 Å². The maximum atomic E-state index is 11.5. The number of hydrogen-bond donors (Lipinski definition) is 2. The molecule has 5 rings (SSSR count). The van der Waals surface area contributed by atoms with Crippen molar-refractivity contribution in [3.8, 4) is 0 Å². The van der Waals surface area contributed by atoms with Crippen LogP contribution in [0.5, 0.6) is 0 Å². The highest BCUT2D eigenvalue weighted by molar-refractivity contribution is 5.91. The van der Waals surface area contributed by atoms with E-state index in [0.717, 1.165) is 74.4 Å². The minimum Gasteiger partial charge on any atom is -0.464 e. The molecular weight excluding hydrogens is 434 g/mol. The Morgan fingerprint density at radius 1 is 0.971 bits per heavy atom. The van der Waals surface area contributed by atoms with Gasteiger partial charge in [0.1, 0.15) is 11.3 Å². The molecule has 0 atom stereocenters. The molecule has 178 valence electrons. The van der Waals surface area contributed by atoms with Crippen molar-refractivity contribution in [1.29, 1.82) is 0 Å². The van der Waals surface area contributed by atoms with Crippen LogP contribution in [-0.4, -0.2) is 71.4 Å². The number of fused-ring (bicyclic) bond motifs is 1. The van der Waals surface area contributed by atoms with Gasteiger partial charge in [0, 0.05) is 43.3 Å².